The Kier molecular flexibility index (Phi) is 6.32. The summed E-state index contributed by atoms with van der Waals surface area (Å²) in [5.41, 5.74) is 0.0542. The van der Waals surface area contributed by atoms with E-state index in [-0.39, 0.29) is 5.41 Å². The average molecular weight is 230 g/mol. The van der Waals surface area contributed by atoms with Gasteiger partial charge in [0, 0.05) is 26.7 Å². The van der Waals surface area contributed by atoms with Crippen molar-refractivity contribution in [2.24, 2.45) is 11.3 Å². The van der Waals surface area contributed by atoms with Crippen LogP contribution in [0.4, 0.5) is 0 Å². The summed E-state index contributed by atoms with van der Waals surface area (Å²) in [6.45, 7) is 2.21. The molecule has 1 aliphatic carbocycles. The van der Waals surface area contributed by atoms with E-state index in [0.717, 1.165) is 19.8 Å². The van der Waals surface area contributed by atoms with Gasteiger partial charge in [0.15, 0.2) is 0 Å². The third kappa shape index (κ3) is 3.44. The van der Waals surface area contributed by atoms with Crippen molar-refractivity contribution in [3.63, 3.8) is 0 Å². The number of methoxy groups -OCH3 is 3. The molecule has 0 spiro atoms. The van der Waals surface area contributed by atoms with Gasteiger partial charge in [-0.15, -0.1) is 0 Å². The van der Waals surface area contributed by atoms with Crippen molar-refractivity contribution in [3.05, 3.63) is 0 Å². The van der Waals surface area contributed by atoms with Crippen LogP contribution in [-0.4, -0.2) is 41.2 Å². The zero-order chi connectivity index (χ0) is 11.9. The summed E-state index contributed by atoms with van der Waals surface area (Å²) in [6, 6.07) is 0. The van der Waals surface area contributed by atoms with Gasteiger partial charge in [0.05, 0.1) is 19.8 Å². The van der Waals surface area contributed by atoms with E-state index in [2.05, 4.69) is 0 Å². The van der Waals surface area contributed by atoms with Crippen LogP contribution in [0.25, 0.3) is 0 Å². The highest BCUT2D eigenvalue weighted by molar-refractivity contribution is 4.88. The van der Waals surface area contributed by atoms with Crippen molar-refractivity contribution < 1.29 is 14.2 Å². The van der Waals surface area contributed by atoms with Gasteiger partial charge in [0.25, 0.3) is 0 Å². The highest BCUT2D eigenvalue weighted by Gasteiger charge is 2.39. The van der Waals surface area contributed by atoms with Crippen LogP contribution in [0.3, 0.4) is 0 Å². The lowest BCUT2D eigenvalue weighted by molar-refractivity contribution is -0.0819. The fourth-order valence-electron chi connectivity index (χ4n) is 3.06. The zero-order valence-electron chi connectivity index (χ0n) is 11.0. The summed E-state index contributed by atoms with van der Waals surface area (Å²) in [5.74, 6) is 0.682. The van der Waals surface area contributed by atoms with E-state index in [1.165, 1.54) is 32.1 Å². The summed E-state index contributed by atoms with van der Waals surface area (Å²) in [7, 11) is 5.30. The molecule has 0 aromatic rings. The van der Waals surface area contributed by atoms with E-state index in [1.807, 2.05) is 0 Å². The molecule has 3 nitrogen and oxygen atoms in total. The molecule has 0 bridgehead atoms. The fourth-order valence-corrected chi connectivity index (χ4v) is 3.06. The Hall–Kier alpha value is -0.120. The second-order valence-corrected chi connectivity index (χ2v) is 5.00. The van der Waals surface area contributed by atoms with Crippen molar-refractivity contribution in [1.29, 1.82) is 0 Å². The van der Waals surface area contributed by atoms with Crippen LogP contribution < -0.4 is 0 Å². The number of hydrogen-bond acceptors (Lipinski definition) is 3. The average Bonchev–Trinajstić information content (AvgIpc) is 2.31. The van der Waals surface area contributed by atoms with Crippen LogP contribution in [0.1, 0.15) is 32.1 Å². The Morgan fingerprint density at radius 1 is 0.812 bits per heavy atom. The molecule has 1 fully saturated rings. The molecular weight excluding hydrogens is 204 g/mol. The maximum Gasteiger partial charge on any atom is 0.0565 e. The Morgan fingerprint density at radius 2 is 1.25 bits per heavy atom. The van der Waals surface area contributed by atoms with Crippen LogP contribution >= 0.6 is 0 Å². The molecule has 0 radical (unpaired) electrons. The molecule has 1 saturated carbocycles. The third-order valence-electron chi connectivity index (χ3n) is 3.77. The molecule has 0 aromatic carbocycles. The van der Waals surface area contributed by atoms with Gasteiger partial charge in [-0.05, 0) is 18.8 Å². The van der Waals surface area contributed by atoms with Crippen molar-refractivity contribution in [2.75, 3.05) is 41.2 Å². The molecule has 1 aliphatic rings. The standard InChI is InChI=1S/C13H26O3/c1-14-9-13(10-15-2,11-16-3)12-7-5-4-6-8-12/h12H,4-11H2,1-3H3. The molecule has 0 unspecified atom stereocenters. The minimum absolute atomic E-state index is 0.0542. The fraction of sp³-hybridized carbons (Fsp3) is 1.00. The first-order valence-corrected chi connectivity index (χ1v) is 6.26. The maximum absolute atomic E-state index is 5.41. The van der Waals surface area contributed by atoms with Gasteiger partial charge in [-0.25, -0.2) is 0 Å². The highest BCUT2D eigenvalue weighted by Crippen LogP contribution is 2.39. The van der Waals surface area contributed by atoms with Crippen LogP contribution in [-0.2, 0) is 14.2 Å². The van der Waals surface area contributed by atoms with Gasteiger partial charge in [0.1, 0.15) is 0 Å². The summed E-state index contributed by atoms with van der Waals surface area (Å²) in [5, 5.41) is 0. The Labute approximate surface area is 99.5 Å². The first-order valence-electron chi connectivity index (χ1n) is 6.26. The summed E-state index contributed by atoms with van der Waals surface area (Å²) in [4.78, 5) is 0. The Bertz CT molecular complexity index is 159. The molecular formula is C13H26O3. The summed E-state index contributed by atoms with van der Waals surface area (Å²) >= 11 is 0. The molecule has 0 saturated heterocycles. The molecule has 0 heterocycles. The van der Waals surface area contributed by atoms with Crippen LogP contribution in [0.15, 0.2) is 0 Å². The van der Waals surface area contributed by atoms with E-state index in [1.54, 1.807) is 21.3 Å². The molecule has 0 N–H and O–H groups in total. The lowest BCUT2D eigenvalue weighted by Gasteiger charge is -2.41. The van der Waals surface area contributed by atoms with Crippen LogP contribution in [0, 0.1) is 11.3 Å². The minimum Gasteiger partial charge on any atom is -0.384 e. The largest absolute Gasteiger partial charge is 0.384 e. The monoisotopic (exact) mass is 230 g/mol. The number of ether oxygens (including phenoxy) is 3. The Balaban J connectivity index is 2.70. The van der Waals surface area contributed by atoms with Gasteiger partial charge in [0.2, 0.25) is 0 Å². The molecule has 96 valence electrons. The first kappa shape index (κ1) is 13.9. The topological polar surface area (TPSA) is 27.7 Å². The van der Waals surface area contributed by atoms with Crippen LogP contribution in [0.5, 0.6) is 0 Å². The first-order chi connectivity index (χ1) is 7.79. The van der Waals surface area contributed by atoms with Crippen molar-refractivity contribution in [2.45, 2.75) is 32.1 Å². The Morgan fingerprint density at radius 3 is 1.62 bits per heavy atom. The SMILES string of the molecule is COCC(COC)(COC)C1CCCCC1. The van der Waals surface area contributed by atoms with Crippen molar-refractivity contribution in [3.8, 4) is 0 Å². The maximum atomic E-state index is 5.41. The van der Waals surface area contributed by atoms with E-state index in [9.17, 15) is 0 Å². The lowest BCUT2D eigenvalue weighted by Crippen LogP contribution is -2.44. The third-order valence-corrected chi connectivity index (χ3v) is 3.77. The number of rotatable bonds is 7. The lowest BCUT2D eigenvalue weighted by atomic mass is 9.70. The highest BCUT2D eigenvalue weighted by atomic mass is 16.5. The van der Waals surface area contributed by atoms with Gasteiger partial charge in [-0.2, -0.15) is 0 Å². The second-order valence-electron chi connectivity index (χ2n) is 5.00. The predicted octanol–water partition coefficient (Wildman–Crippen LogP) is 2.49. The molecule has 16 heavy (non-hydrogen) atoms. The molecule has 0 aromatic heterocycles. The molecule has 0 atom stereocenters. The van der Waals surface area contributed by atoms with Crippen molar-refractivity contribution >= 4 is 0 Å². The van der Waals surface area contributed by atoms with E-state index in [0.29, 0.717) is 5.92 Å². The van der Waals surface area contributed by atoms with Gasteiger partial charge >= 0.3 is 0 Å². The zero-order valence-corrected chi connectivity index (χ0v) is 11.0. The van der Waals surface area contributed by atoms with Crippen LogP contribution in [0.2, 0.25) is 0 Å². The summed E-state index contributed by atoms with van der Waals surface area (Å²) < 4.78 is 16.2. The molecule has 3 heteroatoms. The van der Waals surface area contributed by atoms with Gasteiger partial charge in [-0.1, -0.05) is 19.3 Å². The quantitative estimate of drug-likeness (QED) is 0.672. The van der Waals surface area contributed by atoms with E-state index < -0.39 is 0 Å². The summed E-state index contributed by atoms with van der Waals surface area (Å²) in [6.07, 6.45) is 6.62. The van der Waals surface area contributed by atoms with Gasteiger partial charge < -0.3 is 14.2 Å². The van der Waals surface area contributed by atoms with E-state index in [4.69, 9.17) is 14.2 Å². The molecule has 0 aliphatic heterocycles. The minimum atomic E-state index is 0.0542. The molecule has 1 rings (SSSR count). The molecule has 0 amide bonds. The normalized spacial score (nSPS) is 18.9. The second kappa shape index (κ2) is 7.25. The number of hydrogen-bond donors (Lipinski definition) is 0. The van der Waals surface area contributed by atoms with Gasteiger partial charge in [-0.3, -0.25) is 0 Å². The van der Waals surface area contributed by atoms with Crippen molar-refractivity contribution in [1.82, 2.24) is 0 Å². The predicted molar refractivity (Wildman–Crippen MR) is 64.6 cm³/mol. The van der Waals surface area contributed by atoms with E-state index >= 15 is 0 Å². The smallest absolute Gasteiger partial charge is 0.0565 e.